The first-order valence-electron chi connectivity index (χ1n) is 20.9. The van der Waals surface area contributed by atoms with Crippen LogP contribution in [0.4, 0.5) is 13.2 Å². The molecule has 0 aromatic heterocycles. The molecule has 4 aliphatic rings. The van der Waals surface area contributed by atoms with Gasteiger partial charge in [-0.05, 0) is 35.6 Å². The van der Waals surface area contributed by atoms with Gasteiger partial charge in [-0.25, -0.2) is 4.79 Å². The van der Waals surface area contributed by atoms with Crippen molar-refractivity contribution in [2.75, 3.05) is 26.8 Å². The lowest BCUT2D eigenvalue weighted by Gasteiger charge is -2.50. The van der Waals surface area contributed by atoms with Crippen molar-refractivity contribution in [1.29, 1.82) is 0 Å². The van der Waals surface area contributed by atoms with Crippen LogP contribution in [0.25, 0.3) is 6.08 Å². The van der Waals surface area contributed by atoms with Crippen molar-refractivity contribution in [2.24, 2.45) is 5.41 Å². The highest BCUT2D eigenvalue weighted by molar-refractivity contribution is 5.96. The first kappa shape index (κ1) is 45.2. The number of fused-ring (bicyclic) bond motifs is 4. The monoisotopic (exact) mass is 843 g/mol. The minimum Gasteiger partial charge on any atom is -0.458 e. The number of hydroxylamine groups is 2. The predicted molar refractivity (Wildman–Crippen MR) is 211 cm³/mol. The Balaban J connectivity index is 1.34. The van der Waals surface area contributed by atoms with Crippen molar-refractivity contribution in [3.63, 3.8) is 0 Å². The van der Waals surface area contributed by atoms with E-state index >= 15 is 4.79 Å². The summed E-state index contributed by atoms with van der Waals surface area (Å²) in [6, 6.07) is 13.7. The van der Waals surface area contributed by atoms with Crippen LogP contribution in [0.5, 0.6) is 0 Å². The second-order valence-electron chi connectivity index (χ2n) is 16.1. The number of likely N-dealkylation sites (N-methyl/N-ethyl adjacent to an activating group) is 1. The lowest BCUT2D eigenvalue weighted by Crippen LogP contribution is -2.70. The van der Waals surface area contributed by atoms with E-state index in [2.05, 4.69) is 23.9 Å². The minimum atomic E-state index is -4.65. The van der Waals surface area contributed by atoms with E-state index in [-0.39, 0.29) is 32.5 Å². The topological polar surface area (TPSA) is 153 Å². The molecule has 2 aromatic carbocycles. The van der Waals surface area contributed by atoms with Crippen molar-refractivity contribution in [2.45, 2.75) is 133 Å². The fourth-order valence-corrected chi connectivity index (χ4v) is 8.97. The van der Waals surface area contributed by atoms with E-state index in [1.165, 1.54) is 16.0 Å². The summed E-state index contributed by atoms with van der Waals surface area (Å²) in [6.07, 6.45) is 1.29. The van der Waals surface area contributed by atoms with Crippen LogP contribution in [0.15, 0.2) is 60.7 Å². The second-order valence-corrected chi connectivity index (χ2v) is 16.1. The molecule has 16 heteroatoms. The molecule has 0 spiro atoms. The SMILES string of the molecule is CCCCCC1(CCCCC)OC2C3CC4(C(=O)N(C)C(Cc5ccccc5)C(=O)NCCO)C(ON(Cc5ccc(C=CC(=O)OCC(F)(F)F)cc5)C4C(=O)O3)C2O1. The lowest BCUT2D eigenvalue weighted by atomic mass is 9.62. The van der Waals surface area contributed by atoms with Gasteiger partial charge in [0.1, 0.15) is 35.9 Å². The molecule has 1 aliphatic carbocycles. The maximum atomic E-state index is 15.5. The third-order valence-corrected chi connectivity index (χ3v) is 11.9. The van der Waals surface area contributed by atoms with Crippen molar-refractivity contribution < 1.29 is 61.2 Å². The van der Waals surface area contributed by atoms with E-state index in [1.54, 1.807) is 31.3 Å². The van der Waals surface area contributed by atoms with Gasteiger partial charge in [-0.3, -0.25) is 19.2 Å². The average Bonchev–Trinajstić information content (AvgIpc) is 3.79. The van der Waals surface area contributed by atoms with Gasteiger partial charge in [-0.15, -0.1) is 0 Å². The highest BCUT2D eigenvalue weighted by Crippen LogP contribution is 2.58. The van der Waals surface area contributed by atoms with Crippen LogP contribution in [0.3, 0.4) is 0 Å². The van der Waals surface area contributed by atoms with E-state index < -0.39 is 84.2 Å². The van der Waals surface area contributed by atoms with Crippen LogP contribution in [-0.4, -0.2) is 114 Å². The molecular formula is C44H56F3N3O10. The number of benzene rings is 2. The number of nitrogens with one attached hydrogen (secondary N) is 1. The summed E-state index contributed by atoms with van der Waals surface area (Å²) in [5.74, 6) is -3.76. The number of alkyl halides is 3. The Morgan fingerprint density at radius 1 is 0.983 bits per heavy atom. The lowest BCUT2D eigenvalue weighted by molar-refractivity contribution is -0.225. The van der Waals surface area contributed by atoms with Crippen LogP contribution >= 0.6 is 0 Å². The molecular weight excluding hydrogens is 787 g/mol. The van der Waals surface area contributed by atoms with Gasteiger partial charge in [0.15, 0.2) is 18.4 Å². The van der Waals surface area contributed by atoms with Crippen molar-refractivity contribution in [1.82, 2.24) is 15.3 Å². The number of carbonyl (C=O) groups excluding carboxylic acids is 4. The van der Waals surface area contributed by atoms with Crippen LogP contribution < -0.4 is 5.32 Å². The molecule has 13 nitrogen and oxygen atoms in total. The number of rotatable bonds is 20. The smallest absolute Gasteiger partial charge is 0.422 e. The summed E-state index contributed by atoms with van der Waals surface area (Å²) in [5, 5.41) is 13.7. The fraction of sp³-hybridized carbons (Fsp3) is 0.591. The van der Waals surface area contributed by atoms with Gasteiger partial charge in [0.05, 0.1) is 13.2 Å². The molecule has 2 amide bonds. The molecule has 1 saturated carbocycles. The van der Waals surface area contributed by atoms with Gasteiger partial charge in [0.2, 0.25) is 11.8 Å². The number of hydrogen-bond donors (Lipinski definition) is 2. The van der Waals surface area contributed by atoms with Gasteiger partial charge in [0.25, 0.3) is 0 Å². The summed E-state index contributed by atoms with van der Waals surface area (Å²) in [6.45, 7) is 2.24. The molecule has 7 unspecified atom stereocenters. The Bertz CT molecular complexity index is 1820. The van der Waals surface area contributed by atoms with Crippen molar-refractivity contribution in [3.8, 4) is 0 Å². The number of ether oxygens (including phenoxy) is 4. The third-order valence-electron chi connectivity index (χ3n) is 11.9. The molecule has 60 heavy (non-hydrogen) atoms. The first-order valence-corrected chi connectivity index (χ1v) is 20.9. The molecule has 6 rings (SSSR count). The Labute approximate surface area is 348 Å². The number of aliphatic hydroxyl groups is 1. The van der Waals surface area contributed by atoms with Crippen LogP contribution in [-0.2, 0) is 55.9 Å². The molecule has 3 saturated heterocycles. The highest BCUT2D eigenvalue weighted by atomic mass is 19.4. The molecule has 3 heterocycles. The number of hydrogen-bond acceptors (Lipinski definition) is 11. The van der Waals surface area contributed by atoms with Gasteiger partial charge in [0, 0.05) is 45.4 Å². The summed E-state index contributed by atoms with van der Waals surface area (Å²) >= 11 is 0. The summed E-state index contributed by atoms with van der Waals surface area (Å²) in [5.41, 5.74) is 0.388. The first-order chi connectivity index (χ1) is 28.7. The van der Waals surface area contributed by atoms with E-state index in [0.29, 0.717) is 24.0 Å². The van der Waals surface area contributed by atoms with Gasteiger partial charge in [-0.2, -0.15) is 18.2 Å². The number of amides is 2. The molecule has 0 radical (unpaired) electrons. The molecule has 2 aromatic rings. The molecule has 7 atom stereocenters. The number of carbonyl (C=O) groups is 4. The zero-order chi connectivity index (χ0) is 43.1. The maximum absolute atomic E-state index is 15.5. The van der Waals surface area contributed by atoms with E-state index in [4.69, 9.17) is 19.0 Å². The third kappa shape index (κ3) is 10.0. The number of aliphatic hydroxyl groups excluding tert-OH is 1. The predicted octanol–water partition coefficient (Wildman–Crippen LogP) is 5.42. The maximum Gasteiger partial charge on any atom is 0.422 e. The largest absolute Gasteiger partial charge is 0.458 e. The van der Waals surface area contributed by atoms with E-state index in [9.17, 15) is 32.7 Å². The Kier molecular flexibility index (Phi) is 14.7. The van der Waals surface area contributed by atoms with E-state index in [0.717, 1.165) is 50.2 Å². The van der Waals surface area contributed by atoms with Gasteiger partial charge >= 0.3 is 18.1 Å². The van der Waals surface area contributed by atoms with E-state index in [1.807, 2.05) is 30.3 Å². The number of halogens is 3. The quantitative estimate of drug-likeness (QED) is 0.0999. The van der Waals surface area contributed by atoms with Crippen LogP contribution in [0.1, 0.15) is 88.3 Å². The minimum absolute atomic E-state index is 0.0120. The Hall–Kier alpha value is -4.35. The highest BCUT2D eigenvalue weighted by Gasteiger charge is 2.76. The molecule has 4 fully saturated rings. The van der Waals surface area contributed by atoms with Gasteiger partial charge < -0.3 is 34.3 Å². The molecule has 2 N–H and O–H groups in total. The number of nitrogens with zero attached hydrogens (tertiary/aromatic N) is 2. The van der Waals surface area contributed by atoms with Crippen molar-refractivity contribution in [3.05, 3.63) is 77.4 Å². The average molecular weight is 844 g/mol. The van der Waals surface area contributed by atoms with Crippen molar-refractivity contribution >= 4 is 29.8 Å². The van der Waals surface area contributed by atoms with Crippen LogP contribution in [0.2, 0.25) is 0 Å². The Morgan fingerprint density at radius 3 is 2.28 bits per heavy atom. The zero-order valence-corrected chi connectivity index (χ0v) is 34.4. The summed E-state index contributed by atoms with van der Waals surface area (Å²) in [7, 11) is 1.55. The molecule has 3 aliphatic heterocycles. The number of unbranched alkanes of at least 4 members (excludes halogenated alkanes) is 4. The standard InChI is InChI=1S/C44H56F3N3O10/c1-4-6-11-21-42(22-12-7-5-2)58-35-33-26-43(41(55)49(3)32(39(53)48-23-24-51)25-30-13-9-8-10-14-30)37(40(54)57-33)50(60-38(43)36(35)59-42)27-31-17-15-29(16-18-31)19-20-34(52)56-28-44(45,46)47/h8-10,13-20,32-33,35-38,51H,4-7,11-12,21-28H2,1-3H3,(H,48,53). The van der Waals surface area contributed by atoms with Crippen LogP contribution in [0, 0.1) is 5.41 Å². The fourth-order valence-electron chi connectivity index (χ4n) is 8.97. The zero-order valence-electron chi connectivity index (χ0n) is 34.4. The second kappa shape index (κ2) is 19.6. The molecule has 328 valence electrons. The summed E-state index contributed by atoms with van der Waals surface area (Å²) < 4.78 is 61.7. The normalized spacial score (nSPS) is 26.1. The number of esters is 2. The van der Waals surface area contributed by atoms with Gasteiger partial charge in [-0.1, -0.05) is 94.1 Å². The summed E-state index contributed by atoms with van der Waals surface area (Å²) in [4.78, 5) is 63.6. The Morgan fingerprint density at radius 2 is 1.65 bits per heavy atom. The molecule has 2 bridgehead atoms.